The molecule has 5 heteroatoms. The number of hydrogen-bond acceptors (Lipinski definition) is 3. The molecule has 1 aliphatic heterocycles. The smallest absolute Gasteiger partial charge is 0.254 e. The maximum atomic E-state index is 12.6. The van der Waals surface area contributed by atoms with E-state index in [0.29, 0.717) is 12.2 Å². The van der Waals surface area contributed by atoms with Crippen molar-refractivity contribution in [1.29, 1.82) is 0 Å². The first-order chi connectivity index (χ1) is 12.8. The highest BCUT2D eigenvalue weighted by Crippen LogP contribution is 2.38. The Balaban J connectivity index is 1.85. The third-order valence-electron chi connectivity index (χ3n) is 5.76. The summed E-state index contributed by atoms with van der Waals surface area (Å²) in [4.78, 5) is 21.7. The number of nitrogens with one attached hydrogen (secondary N) is 1. The molecule has 1 aliphatic rings. The van der Waals surface area contributed by atoms with Crippen molar-refractivity contribution >= 4 is 16.7 Å². The summed E-state index contributed by atoms with van der Waals surface area (Å²) in [6.07, 6.45) is 3.26. The number of hydrogen-bond donors (Lipinski definition) is 2. The van der Waals surface area contributed by atoms with E-state index in [1.54, 1.807) is 12.5 Å². The monoisotopic (exact) mass is 363 g/mol. The van der Waals surface area contributed by atoms with Crippen molar-refractivity contribution in [2.24, 2.45) is 5.92 Å². The zero-order valence-corrected chi connectivity index (χ0v) is 16.2. The molecular weight excluding hydrogens is 338 g/mol. The van der Waals surface area contributed by atoms with Crippen LogP contribution >= 0.6 is 0 Å². The molecule has 5 nitrogen and oxygen atoms in total. The van der Waals surface area contributed by atoms with E-state index in [4.69, 9.17) is 0 Å². The molecule has 0 saturated carbocycles. The van der Waals surface area contributed by atoms with Crippen LogP contribution in [0, 0.1) is 5.92 Å². The second-order valence-electron chi connectivity index (χ2n) is 7.94. The quantitative estimate of drug-likeness (QED) is 0.740. The number of benzene rings is 2. The molecule has 0 radical (unpaired) electrons. The molecule has 0 bridgehead atoms. The Morgan fingerprint density at radius 3 is 2.59 bits per heavy atom. The van der Waals surface area contributed by atoms with Crippen molar-refractivity contribution in [2.75, 3.05) is 0 Å². The van der Waals surface area contributed by atoms with Gasteiger partial charge < -0.3 is 15.0 Å². The maximum Gasteiger partial charge on any atom is 0.254 e. The number of amides is 1. The molecule has 2 aromatic carbocycles. The van der Waals surface area contributed by atoms with E-state index >= 15 is 0 Å². The van der Waals surface area contributed by atoms with Gasteiger partial charge in [-0.3, -0.25) is 4.79 Å². The second kappa shape index (κ2) is 6.20. The molecule has 1 unspecified atom stereocenters. The third kappa shape index (κ3) is 2.57. The van der Waals surface area contributed by atoms with E-state index in [1.165, 1.54) is 0 Å². The van der Waals surface area contributed by atoms with Gasteiger partial charge in [-0.05, 0) is 53.8 Å². The van der Waals surface area contributed by atoms with Crippen molar-refractivity contribution in [1.82, 2.24) is 14.9 Å². The van der Waals surface area contributed by atoms with Gasteiger partial charge in [-0.1, -0.05) is 32.0 Å². The Morgan fingerprint density at radius 2 is 1.96 bits per heavy atom. The lowest BCUT2D eigenvalue weighted by atomic mass is 9.80. The molecule has 140 valence electrons. The highest BCUT2D eigenvalue weighted by atomic mass is 16.3. The van der Waals surface area contributed by atoms with E-state index in [-0.39, 0.29) is 17.9 Å². The molecule has 0 fully saturated rings. The van der Waals surface area contributed by atoms with Crippen LogP contribution in [0.3, 0.4) is 0 Å². The first kappa shape index (κ1) is 17.7. The van der Waals surface area contributed by atoms with Crippen LogP contribution in [0.2, 0.25) is 0 Å². The lowest BCUT2D eigenvalue weighted by Crippen LogP contribution is -2.33. The van der Waals surface area contributed by atoms with Gasteiger partial charge in [0, 0.05) is 18.2 Å². The molecule has 1 aromatic heterocycles. The Labute approximate surface area is 159 Å². The molecule has 2 N–H and O–H groups in total. The van der Waals surface area contributed by atoms with Gasteiger partial charge in [0.2, 0.25) is 0 Å². The fraction of sp³-hybridized carbons (Fsp3) is 0.364. The van der Waals surface area contributed by atoms with Crippen molar-refractivity contribution in [3.63, 3.8) is 0 Å². The van der Waals surface area contributed by atoms with Crippen molar-refractivity contribution in [3.8, 4) is 0 Å². The number of H-pyrrole nitrogens is 1. The van der Waals surface area contributed by atoms with E-state index in [0.717, 1.165) is 27.5 Å². The fourth-order valence-electron chi connectivity index (χ4n) is 4.08. The van der Waals surface area contributed by atoms with Gasteiger partial charge in [0.05, 0.1) is 18.2 Å². The summed E-state index contributed by atoms with van der Waals surface area (Å²) in [5.74, 6) is 0.0601. The summed E-state index contributed by atoms with van der Waals surface area (Å²) in [7, 11) is 0. The number of nitrogens with zero attached hydrogens (tertiary/aromatic N) is 2. The van der Waals surface area contributed by atoms with E-state index in [1.807, 2.05) is 62.9 Å². The molecule has 2 heterocycles. The van der Waals surface area contributed by atoms with Gasteiger partial charge >= 0.3 is 0 Å². The summed E-state index contributed by atoms with van der Waals surface area (Å²) in [6, 6.07) is 10.1. The normalized spacial score (nSPS) is 16.4. The highest BCUT2D eigenvalue weighted by molar-refractivity contribution is 6.04. The average molecular weight is 363 g/mol. The first-order valence-corrected chi connectivity index (χ1v) is 9.42. The Morgan fingerprint density at radius 1 is 1.19 bits per heavy atom. The molecule has 27 heavy (non-hydrogen) atoms. The molecule has 3 aromatic rings. The van der Waals surface area contributed by atoms with Crippen LogP contribution in [0.15, 0.2) is 42.9 Å². The van der Waals surface area contributed by atoms with Crippen molar-refractivity contribution in [2.45, 2.75) is 45.9 Å². The number of aromatic nitrogens is 2. The standard InChI is InChI=1S/C22H25N3O2/c1-13(2)22(27,20-10-23-12-24-20)16-6-8-17-15(9-16)5-7-18-19(17)11-25(14(3)4)21(18)26/h5-10,12-14,27H,11H2,1-4H3,(H,23,24). The SMILES string of the molecule is CC(C)N1Cc2c(ccc3cc(C(O)(c4cnc[nH]4)C(C)C)ccc23)C1=O. The molecular formula is C22H25N3O2. The maximum absolute atomic E-state index is 12.6. The minimum Gasteiger partial charge on any atom is -0.379 e. The van der Waals surface area contributed by atoms with Gasteiger partial charge in [0.25, 0.3) is 5.91 Å². The number of rotatable bonds is 4. The van der Waals surface area contributed by atoms with Crippen LogP contribution < -0.4 is 0 Å². The molecule has 0 spiro atoms. The fourth-order valence-corrected chi connectivity index (χ4v) is 4.08. The number of carbonyl (C=O) groups is 1. The van der Waals surface area contributed by atoms with Gasteiger partial charge in [-0.15, -0.1) is 0 Å². The lowest BCUT2D eigenvalue weighted by molar-refractivity contribution is 0.0280. The minimum atomic E-state index is -1.15. The van der Waals surface area contributed by atoms with Gasteiger partial charge in [0.1, 0.15) is 5.60 Å². The van der Waals surface area contributed by atoms with Crippen LogP contribution in [-0.2, 0) is 12.1 Å². The van der Waals surface area contributed by atoms with Crippen LogP contribution in [0.4, 0.5) is 0 Å². The highest BCUT2D eigenvalue weighted by Gasteiger charge is 2.37. The van der Waals surface area contributed by atoms with Crippen LogP contribution in [0.25, 0.3) is 10.8 Å². The largest absolute Gasteiger partial charge is 0.379 e. The number of imidazole rings is 1. The topological polar surface area (TPSA) is 69.2 Å². The van der Waals surface area contributed by atoms with Crippen LogP contribution in [0.1, 0.15) is 54.9 Å². The predicted molar refractivity (Wildman–Crippen MR) is 105 cm³/mol. The predicted octanol–water partition coefficient (Wildman–Crippen LogP) is 3.82. The lowest BCUT2D eigenvalue weighted by Gasteiger charge is -2.32. The molecule has 1 amide bonds. The molecule has 0 saturated heterocycles. The number of aromatic amines is 1. The molecule has 1 atom stereocenters. The average Bonchev–Trinajstić information content (AvgIpc) is 3.29. The Bertz CT molecular complexity index is 1010. The van der Waals surface area contributed by atoms with Crippen LogP contribution in [-0.4, -0.2) is 31.9 Å². The molecule has 0 aliphatic carbocycles. The Kier molecular flexibility index (Phi) is 4.07. The zero-order chi connectivity index (χ0) is 19.3. The van der Waals surface area contributed by atoms with Crippen LogP contribution in [0.5, 0.6) is 0 Å². The first-order valence-electron chi connectivity index (χ1n) is 9.42. The van der Waals surface area contributed by atoms with Gasteiger partial charge in [0.15, 0.2) is 0 Å². The van der Waals surface area contributed by atoms with Gasteiger partial charge in [-0.25, -0.2) is 4.98 Å². The number of aliphatic hydroxyl groups is 1. The zero-order valence-electron chi connectivity index (χ0n) is 16.2. The van der Waals surface area contributed by atoms with E-state index in [2.05, 4.69) is 9.97 Å². The summed E-state index contributed by atoms with van der Waals surface area (Å²) < 4.78 is 0. The van der Waals surface area contributed by atoms with Crippen molar-refractivity contribution in [3.05, 3.63) is 65.2 Å². The summed E-state index contributed by atoms with van der Waals surface area (Å²) in [6.45, 7) is 8.70. The van der Waals surface area contributed by atoms with E-state index in [9.17, 15) is 9.90 Å². The number of carbonyl (C=O) groups excluding carboxylic acids is 1. The summed E-state index contributed by atoms with van der Waals surface area (Å²) in [5, 5.41) is 13.6. The summed E-state index contributed by atoms with van der Waals surface area (Å²) >= 11 is 0. The Hall–Kier alpha value is -2.66. The van der Waals surface area contributed by atoms with E-state index < -0.39 is 5.60 Å². The minimum absolute atomic E-state index is 0.0390. The summed E-state index contributed by atoms with van der Waals surface area (Å²) in [5.41, 5.74) is 2.21. The molecule has 4 rings (SSSR count). The third-order valence-corrected chi connectivity index (χ3v) is 5.76. The number of fused-ring (bicyclic) bond motifs is 3. The second-order valence-corrected chi connectivity index (χ2v) is 7.94. The van der Waals surface area contributed by atoms with Crippen molar-refractivity contribution < 1.29 is 9.90 Å². The van der Waals surface area contributed by atoms with Gasteiger partial charge in [-0.2, -0.15) is 0 Å².